The first-order valence-corrected chi connectivity index (χ1v) is 12.5. The SMILES string of the molecule is Cc1ccc(N2C[C@H](CC(=O)CC3CCN(C(C)C)CC3)C[C@H](C(F)(F)F)C2)c2cccnc12. The van der Waals surface area contributed by atoms with Gasteiger partial charge in [-0.25, -0.2) is 0 Å². The van der Waals surface area contributed by atoms with Gasteiger partial charge in [0.1, 0.15) is 5.78 Å². The first-order chi connectivity index (χ1) is 16.1. The van der Waals surface area contributed by atoms with Crippen LogP contribution in [0.3, 0.4) is 0 Å². The van der Waals surface area contributed by atoms with Crippen LogP contribution in [0.1, 0.15) is 51.5 Å². The Labute approximate surface area is 200 Å². The molecule has 0 spiro atoms. The Kier molecular flexibility index (Phi) is 7.51. The minimum atomic E-state index is -4.28. The fourth-order valence-corrected chi connectivity index (χ4v) is 5.76. The minimum Gasteiger partial charge on any atom is -0.370 e. The Morgan fingerprint density at radius 2 is 1.79 bits per heavy atom. The van der Waals surface area contributed by atoms with Gasteiger partial charge in [-0.3, -0.25) is 9.78 Å². The van der Waals surface area contributed by atoms with Crippen LogP contribution in [-0.4, -0.2) is 54.1 Å². The number of aryl methyl sites for hydroxylation is 1. The van der Waals surface area contributed by atoms with Gasteiger partial charge in [0.2, 0.25) is 0 Å². The Hall–Kier alpha value is -2.15. The zero-order valence-electron chi connectivity index (χ0n) is 20.4. The van der Waals surface area contributed by atoms with Gasteiger partial charge in [0.05, 0.1) is 11.4 Å². The lowest BCUT2D eigenvalue weighted by Crippen LogP contribution is -2.46. The van der Waals surface area contributed by atoms with Crippen molar-refractivity contribution in [3.8, 4) is 0 Å². The number of likely N-dealkylation sites (tertiary alicyclic amines) is 1. The first-order valence-electron chi connectivity index (χ1n) is 12.5. The number of carbonyl (C=O) groups is 1. The molecular formula is C27H36F3N3O. The summed E-state index contributed by atoms with van der Waals surface area (Å²) >= 11 is 0. The maximum Gasteiger partial charge on any atom is 0.393 e. The fourth-order valence-electron chi connectivity index (χ4n) is 5.76. The summed E-state index contributed by atoms with van der Waals surface area (Å²) in [4.78, 5) is 21.6. The van der Waals surface area contributed by atoms with E-state index in [0.29, 0.717) is 24.9 Å². The van der Waals surface area contributed by atoms with E-state index in [1.54, 1.807) is 6.20 Å². The maximum atomic E-state index is 13.9. The van der Waals surface area contributed by atoms with Gasteiger partial charge in [0, 0.05) is 49.2 Å². The molecule has 0 unspecified atom stereocenters. The van der Waals surface area contributed by atoms with E-state index in [4.69, 9.17) is 0 Å². The van der Waals surface area contributed by atoms with Crippen LogP contribution in [0.4, 0.5) is 18.9 Å². The van der Waals surface area contributed by atoms with Crippen molar-refractivity contribution in [2.45, 2.75) is 65.1 Å². The second kappa shape index (κ2) is 10.2. The second-order valence-electron chi connectivity index (χ2n) is 10.6. The van der Waals surface area contributed by atoms with E-state index in [9.17, 15) is 18.0 Å². The van der Waals surface area contributed by atoms with Gasteiger partial charge in [-0.05, 0) is 88.7 Å². The number of piperidine rings is 2. The van der Waals surface area contributed by atoms with E-state index in [1.807, 2.05) is 36.1 Å². The minimum absolute atomic E-state index is 0.0274. The average Bonchev–Trinajstić information content (AvgIpc) is 2.79. The molecule has 0 N–H and O–H groups in total. The average molecular weight is 476 g/mol. The van der Waals surface area contributed by atoms with Gasteiger partial charge in [-0.1, -0.05) is 6.07 Å². The number of aromatic nitrogens is 1. The molecular weight excluding hydrogens is 439 g/mol. The molecule has 0 amide bonds. The summed E-state index contributed by atoms with van der Waals surface area (Å²) < 4.78 is 41.6. The van der Waals surface area contributed by atoms with Gasteiger partial charge in [0.15, 0.2) is 0 Å². The molecule has 0 radical (unpaired) electrons. The molecule has 2 fully saturated rings. The van der Waals surface area contributed by atoms with Crippen LogP contribution in [-0.2, 0) is 4.79 Å². The number of benzene rings is 1. The summed E-state index contributed by atoms with van der Waals surface area (Å²) in [6.07, 6.45) is 0.178. The van der Waals surface area contributed by atoms with Crippen molar-refractivity contribution in [3.05, 3.63) is 36.0 Å². The predicted molar refractivity (Wildman–Crippen MR) is 130 cm³/mol. The summed E-state index contributed by atoms with van der Waals surface area (Å²) in [5.41, 5.74) is 2.59. The molecule has 3 heterocycles. The van der Waals surface area contributed by atoms with E-state index in [1.165, 1.54) is 0 Å². The topological polar surface area (TPSA) is 36.4 Å². The number of Topliss-reactive ketones (excluding diaryl/α,β-unsaturated/α-hetero) is 1. The third-order valence-electron chi connectivity index (χ3n) is 7.70. The number of rotatable bonds is 6. The van der Waals surface area contributed by atoms with Crippen molar-refractivity contribution in [1.29, 1.82) is 0 Å². The van der Waals surface area contributed by atoms with Gasteiger partial charge in [0.25, 0.3) is 0 Å². The summed E-state index contributed by atoms with van der Waals surface area (Å²) in [6.45, 7) is 8.72. The van der Waals surface area contributed by atoms with Crippen molar-refractivity contribution < 1.29 is 18.0 Å². The number of ketones is 1. The number of nitrogens with zero attached hydrogens (tertiary/aromatic N) is 3. The molecule has 2 atom stereocenters. The zero-order chi connectivity index (χ0) is 24.5. The highest BCUT2D eigenvalue weighted by Crippen LogP contribution is 2.40. The van der Waals surface area contributed by atoms with E-state index >= 15 is 0 Å². The lowest BCUT2D eigenvalue weighted by atomic mass is 9.82. The number of alkyl halides is 3. The molecule has 2 aromatic rings. The molecule has 0 aliphatic carbocycles. The molecule has 7 heteroatoms. The predicted octanol–water partition coefficient (Wildman–Crippen LogP) is 6.02. The van der Waals surface area contributed by atoms with Crippen molar-refractivity contribution in [2.75, 3.05) is 31.1 Å². The van der Waals surface area contributed by atoms with Crippen molar-refractivity contribution >= 4 is 22.4 Å². The summed E-state index contributed by atoms with van der Waals surface area (Å²) in [6, 6.07) is 8.08. The quantitative estimate of drug-likeness (QED) is 0.512. The third kappa shape index (κ3) is 5.73. The van der Waals surface area contributed by atoms with Crippen LogP contribution in [0.5, 0.6) is 0 Å². The largest absolute Gasteiger partial charge is 0.393 e. The number of hydrogen-bond acceptors (Lipinski definition) is 4. The Bertz CT molecular complexity index is 998. The lowest BCUT2D eigenvalue weighted by molar-refractivity contribution is -0.179. The molecule has 1 aromatic heterocycles. The second-order valence-corrected chi connectivity index (χ2v) is 10.6. The van der Waals surface area contributed by atoms with Crippen LogP contribution >= 0.6 is 0 Å². The highest BCUT2D eigenvalue weighted by atomic mass is 19.4. The number of halogens is 3. The monoisotopic (exact) mass is 475 g/mol. The van der Waals surface area contributed by atoms with E-state index in [-0.39, 0.29) is 31.1 Å². The van der Waals surface area contributed by atoms with Crippen molar-refractivity contribution in [1.82, 2.24) is 9.88 Å². The molecule has 0 saturated carbocycles. The van der Waals surface area contributed by atoms with Crippen LogP contribution < -0.4 is 4.90 Å². The molecule has 186 valence electrons. The van der Waals surface area contributed by atoms with E-state index < -0.39 is 12.1 Å². The number of anilines is 1. The Morgan fingerprint density at radius 3 is 2.47 bits per heavy atom. The van der Waals surface area contributed by atoms with Crippen LogP contribution in [0.25, 0.3) is 10.9 Å². The van der Waals surface area contributed by atoms with E-state index in [0.717, 1.165) is 48.1 Å². The lowest BCUT2D eigenvalue weighted by Gasteiger charge is -2.40. The van der Waals surface area contributed by atoms with Crippen LogP contribution in [0.15, 0.2) is 30.5 Å². The number of pyridine rings is 1. The summed E-state index contributed by atoms with van der Waals surface area (Å²) in [5.74, 6) is -1.25. The third-order valence-corrected chi connectivity index (χ3v) is 7.70. The van der Waals surface area contributed by atoms with Gasteiger partial charge < -0.3 is 9.80 Å². The smallest absolute Gasteiger partial charge is 0.370 e. The molecule has 4 rings (SSSR count). The molecule has 0 bridgehead atoms. The highest BCUT2D eigenvalue weighted by Gasteiger charge is 2.45. The number of hydrogen-bond donors (Lipinski definition) is 0. The molecule has 34 heavy (non-hydrogen) atoms. The van der Waals surface area contributed by atoms with Crippen LogP contribution in [0.2, 0.25) is 0 Å². The van der Waals surface area contributed by atoms with E-state index in [2.05, 4.69) is 23.7 Å². The molecule has 4 nitrogen and oxygen atoms in total. The van der Waals surface area contributed by atoms with Crippen molar-refractivity contribution in [2.24, 2.45) is 17.8 Å². The zero-order valence-corrected chi connectivity index (χ0v) is 20.4. The Morgan fingerprint density at radius 1 is 1.09 bits per heavy atom. The van der Waals surface area contributed by atoms with Crippen LogP contribution in [0, 0.1) is 24.7 Å². The normalized spacial score (nSPS) is 23.1. The molecule has 1 aromatic carbocycles. The fraction of sp³-hybridized carbons (Fsp3) is 0.630. The van der Waals surface area contributed by atoms with Gasteiger partial charge in [-0.15, -0.1) is 0 Å². The standard InChI is InChI=1S/C27H36F3N3O/c1-18(2)32-11-8-20(9-12-32)14-23(34)15-21-13-22(27(28,29)30)17-33(16-21)25-7-6-19(3)26-24(25)5-4-10-31-26/h4-7,10,18,20-22H,8-9,11-17H2,1-3H3/t21-,22-/m0/s1. The summed E-state index contributed by atoms with van der Waals surface area (Å²) in [5, 5.41) is 0.868. The van der Waals surface area contributed by atoms with Gasteiger partial charge >= 0.3 is 6.18 Å². The Balaban J connectivity index is 1.47. The number of carbonyl (C=O) groups excluding carboxylic acids is 1. The first kappa shape index (κ1) is 25.0. The summed E-state index contributed by atoms with van der Waals surface area (Å²) in [7, 11) is 0. The van der Waals surface area contributed by atoms with Crippen molar-refractivity contribution in [3.63, 3.8) is 0 Å². The molecule has 2 saturated heterocycles. The molecule has 2 aliphatic heterocycles. The molecule has 2 aliphatic rings. The highest BCUT2D eigenvalue weighted by molar-refractivity contribution is 5.93. The van der Waals surface area contributed by atoms with Gasteiger partial charge in [-0.2, -0.15) is 13.2 Å². The number of fused-ring (bicyclic) bond motifs is 1. The maximum absolute atomic E-state index is 13.9.